The van der Waals surface area contributed by atoms with Gasteiger partial charge in [0, 0.05) is 0 Å². The zero-order valence-electron chi connectivity index (χ0n) is 8.26. The lowest BCUT2D eigenvalue weighted by Gasteiger charge is -2.13. The van der Waals surface area contributed by atoms with Crippen LogP contribution in [0.2, 0.25) is 0 Å². The van der Waals surface area contributed by atoms with Crippen molar-refractivity contribution in [2.75, 3.05) is 6.61 Å². The van der Waals surface area contributed by atoms with Gasteiger partial charge in [-0.15, -0.1) is 11.5 Å². The maximum Gasteiger partial charge on any atom is 0.225 e. The number of aliphatic hydroxyl groups is 3. The van der Waals surface area contributed by atoms with E-state index >= 15 is 0 Å². The van der Waals surface area contributed by atoms with Gasteiger partial charge in [-0.1, -0.05) is 0 Å². The molecule has 0 saturated carbocycles. The molecule has 1 aromatic rings. The lowest BCUT2D eigenvalue weighted by atomic mass is 10.1. The molecule has 2 heterocycles. The van der Waals surface area contributed by atoms with Crippen LogP contribution in [-0.2, 0) is 4.74 Å². The highest BCUT2D eigenvalue weighted by Gasteiger charge is 2.43. The number of rotatable bonds is 2. The third-order valence-electron chi connectivity index (χ3n) is 2.42. The molecular weight excluding hydrogens is 214 g/mol. The number of aliphatic hydroxyl groups excluding tert-OH is 3. The maximum atomic E-state index is 9.67. The van der Waals surface area contributed by atoms with Gasteiger partial charge in [-0.05, 0) is 5.92 Å². The smallest absolute Gasteiger partial charge is 0.225 e. The van der Waals surface area contributed by atoms with E-state index in [4.69, 9.17) is 16.3 Å². The van der Waals surface area contributed by atoms with Gasteiger partial charge < -0.3 is 20.1 Å². The van der Waals surface area contributed by atoms with Crippen LogP contribution in [0.3, 0.4) is 0 Å². The molecule has 1 fully saturated rings. The van der Waals surface area contributed by atoms with Crippen LogP contribution < -0.4 is 0 Å². The highest BCUT2D eigenvalue weighted by Crippen LogP contribution is 2.28. The summed E-state index contributed by atoms with van der Waals surface area (Å²) in [4.78, 5) is 3.77. The molecule has 0 amide bonds. The lowest BCUT2D eigenvalue weighted by Crippen LogP contribution is -2.33. The van der Waals surface area contributed by atoms with Gasteiger partial charge in [0.15, 0.2) is 6.23 Å². The highest BCUT2D eigenvalue weighted by molar-refractivity contribution is 5.12. The SMILES string of the molecule is C#Cc1ncn(C2O[C@H](CO)[C@@H](O)[C@H]2O)n1. The Morgan fingerprint density at radius 2 is 2.25 bits per heavy atom. The fourth-order valence-corrected chi connectivity index (χ4v) is 1.56. The van der Waals surface area contributed by atoms with Gasteiger partial charge in [-0.2, -0.15) is 0 Å². The largest absolute Gasteiger partial charge is 0.394 e. The van der Waals surface area contributed by atoms with Gasteiger partial charge in [0.2, 0.25) is 5.82 Å². The van der Waals surface area contributed by atoms with E-state index < -0.39 is 24.5 Å². The van der Waals surface area contributed by atoms with Crippen LogP contribution in [0.1, 0.15) is 12.1 Å². The summed E-state index contributed by atoms with van der Waals surface area (Å²) >= 11 is 0. The third kappa shape index (κ3) is 1.68. The number of terminal acetylenes is 1. The minimum absolute atomic E-state index is 0.165. The van der Waals surface area contributed by atoms with Crippen LogP contribution in [-0.4, -0.2) is 55.0 Å². The van der Waals surface area contributed by atoms with Crippen LogP contribution >= 0.6 is 0 Å². The van der Waals surface area contributed by atoms with Crippen molar-refractivity contribution in [2.45, 2.75) is 24.5 Å². The van der Waals surface area contributed by atoms with Crippen LogP contribution in [0.4, 0.5) is 0 Å². The molecule has 1 unspecified atom stereocenters. The van der Waals surface area contributed by atoms with Crippen LogP contribution in [0.5, 0.6) is 0 Å². The molecule has 0 spiro atoms. The summed E-state index contributed by atoms with van der Waals surface area (Å²) in [6.45, 7) is -0.384. The van der Waals surface area contributed by atoms with Crippen molar-refractivity contribution < 1.29 is 20.1 Å². The molecule has 0 aromatic carbocycles. The Morgan fingerprint density at radius 1 is 1.50 bits per heavy atom. The van der Waals surface area contributed by atoms with Gasteiger partial charge in [-0.3, -0.25) is 0 Å². The summed E-state index contributed by atoms with van der Waals surface area (Å²) in [6.07, 6.45) is 2.34. The van der Waals surface area contributed by atoms with Gasteiger partial charge in [0.1, 0.15) is 24.6 Å². The normalized spacial score (nSPS) is 33.9. The summed E-state index contributed by atoms with van der Waals surface area (Å²) < 4.78 is 6.44. The Morgan fingerprint density at radius 3 is 2.75 bits per heavy atom. The zero-order valence-corrected chi connectivity index (χ0v) is 8.26. The quantitative estimate of drug-likeness (QED) is 0.497. The van der Waals surface area contributed by atoms with Crippen molar-refractivity contribution in [3.63, 3.8) is 0 Å². The zero-order chi connectivity index (χ0) is 11.7. The van der Waals surface area contributed by atoms with Gasteiger partial charge in [0.05, 0.1) is 6.61 Å². The van der Waals surface area contributed by atoms with E-state index in [2.05, 4.69) is 16.0 Å². The van der Waals surface area contributed by atoms with Crippen molar-refractivity contribution >= 4 is 0 Å². The van der Waals surface area contributed by atoms with E-state index in [1.165, 1.54) is 11.0 Å². The van der Waals surface area contributed by atoms with Gasteiger partial charge in [0.25, 0.3) is 0 Å². The Hall–Kier alpha value is -1.46. The minimum atomic E-state index is -1.18. The van der Waals surface area contributed by atoms with Crippen LogP contribution in [0.25, 0.3) is 0 Å². The number of hydrogen-bond acceptors (Lipinski definition) is 6. The standard InChI is InChI=1S/C9H11N3O4/c1-2-6-10-4-12(11-6)9-8(15)7(14)5(3-13)16-9/h1,4-5,7-9,13-15H,3H2/t5-,7-,8-,9?/m1/s1. The molecule has 0 bridgehead atoms. The fourth-order valence-electron chi connectivity index (χ4n) is 1.56. The summed E-state index contributed by atoms with van der Waals surface area (Å²) in [5, 5.41) is 31.9. The molecule has 1 aliphatic heterocycles. The minimum Gasteiger partial charge on any atom is -0.394 e. The molecule has 16 heavy (non-hydrogen) atoms. The summed E-state index contributed by atoms with van der Waals surface area (Å²) in [5.74, 6) is 2.39. The van der Waals surface area contributed by atoms with Crippen LogP contribution in [0, 0.1) is 12.3 Å². The molecule has 3 N–H and O–H groups in total. The second-order valence-corrected chi connectivity index (χ2v) is 3.42. The Balaban J connectivity index is 2.20. The molecule has 2 rings (SSSR count). The summed E-state index contributed by atoms with van der Waals surface area (Å²) in [5.41, 5.74) is 0. The number of hydrogen-bond donors (Lipinski definition) is 3. The molecule has 86 valence electrons. The average molecular weight is 225 g/mol. The third-order valence-corrected chi connectivity index (χ3v) is 2.42. The van der Waals surface area contributed by atoms with Crippen LogP contribution in [0.15, 0.2) is 6.33 Å². The molecule has 1 saturated heterocycles. The molecule has 1 aliphatic rings. The van der Waals surface area contributed by atoms with E-state index in [1.54, 1.807) is 0 Å². The van der Waals surface area contributed by atoms with Crippen molar-refractivity contribution in [2.24, 2.45) is 0 Å². The van der Waals surface area contributed by atoms with Gasteiger partial charge in [-0.25, -0.2) is 9.67 Å². The summed E-state index contributed by atoms with van der Waals surface area (Å²) in [7, 11) is 0. The molecule has 0 radical (unpaired) electrons. The highest BCUT2D eigenvalue weighted by atomic mass is 16.6. The Labute approximate surface area is 91.3 Å². The Bertz CT molecular complexity index is 413. The molecule has 0 aliphatic carbocycles. The van der Waals surface area contributed by atoms with Crippen molar-refractivity contribution in [1.29, 1.82) is 0 Å². The van der Waals surface area contributed by atoms with E-state index in [-0.39, 0.29) is 12.4 Å². The van der Waals surface area contributed by atoms with E-state index in [0.29, 0.717) is 0 Å². The first-order chi connectivity index (χ1) is 7.67. The van der Waals surface area contributed by atoms with Crippen molar-refractivity contribution in [3.05, 3.63) is 12.2 Å². The fraction of sp³-hybridized carbons (Fsp3) is 0.556. The first-order valence-corrected chi connectivity index (χ1v) is 4.67. The predicted molar refractivity (Wildman–Crippen MR) is 51.0 cm³/mol. The van der Waals surface area contributed by atoms with Gasteiger partial charge >= 0.3 is 0 Å². The molecule has 4 atom stereocenters. The average Bonchev–Trinajstić information content (AvgIpc) is 2.86. The monoisotopic (exact) mass is 225 g/mol. The predicted octanol–water partition coefficient (Wildman–Crippen LogP) is -2.13. The number of nitrogens with zero attached hydrogens (tertiary/aromatic N) is 3. The first-order valence-electron chi connectivity index (χ1n) is 4.67. The molecular formula is C9H11N3O4. The number of aromatic nitrogens is 3. The number of ether oxygens (including phenoxy) is 1. The molecule has 1 aromatic heterocycles. The molecule has 7 heteroatoms. The second kappa shape index (κ2) is 4.19. The van der Waals surface area contributed by atoms with E-state index in [0.717, 1.165) is 0 Å². The van der Waals surface area contributed by atoms with Crippen molar-refractivity contribution in [1.82, 2.24) is 14.8 Å². The van der Waals surface area contributed by atoms with E-state index in [9.17, 15) is 10.2 Å². The second-order valence-electron chi connectivity index (χ2n) is 3.42. The summed E-state index contributed by atoms with van der Waals surface area (Å²) in [6, 6.07) is 0. The topological polar surface area (TPSA) is 101 Å². The van der Waals surface area contributed by atoms with Crippen molar-refractivity contribution in [3.8, 4) is 12.3 Å². The maximum absolute atomic E-state index is 9.67. The lowest BCUT2D eigenvalue weighted by molar-refractivity contribution is -0.0588. The Kier molecular flexibility index (Phi) is 2.89. The molecule has 7 nitrogen and oxygen atoms in total. The first kappa shape index (κ1) is 11.0. The van der Waals surface area contributed by atoms with E-state index in [1.807, 2.05) is 0 Å².